The van der Waals surface area contributed by atoms with E-state index in [4.69, 9.17) is 16.3 Å². The number of pyridine rings is 1. The van der Waals surface area contributed by atoms with Crippen molar-refractivity contribution in [2.45, 2.75) is 13.0 Å². The Kier molecular flexibility index (Phi) is 6.84. The van der Waals surface area contributed by atoms with Crippen LogP contribution in [-0.2, 0) is 11.3 Å². The van der Waals surface area contributed by atoms with Gasteiger partial charge >= 0.3 is 0 Å². The fourth-order valence-electron chi connectivity index (χ4n) is 2.02. The quantitative estimate of drug-likeness (QED) is 0.729. The second-order valence-electron chi connectivity index (χ2n) is 4.98. The predicted molar refractivity (Wildman–Crippen MR) is 91.8 cm³/mol. The predicted octanol–water partition coefficient (Wildman–Crippen LogP) is 3.11. The highest BCUT2D eigenvalue weighted by molar-refractivity contribution is 6.31. The number of hydrogen-bond donors (Lipinski definition) is 2. The maximum Gasteiger partial charge on any atom is 0.251 e. The van der Waals surface area contributed by atoms with Crippen molar-refractivity contribution in [3.05, 3.63) is 58.7 Å². The van der Waals surface area contributed by atoms with Gasteiger partial charge in [-0.05, 0) is 30.2 Å². The van der Waals surface area contributed by atoms with Crippen molar-refractivity contribution in [2.75, 3.05) is 25.6 Å². The summed E-state index contributed by atoms with van der Waals surface area (Å²) in [7, 11) is 1.64. The van der Waals surface area contributed by atoms with Crippen molar-refractivity contribution in [3.63, 3.8) is 0 Å². The first-order valence-electron chi connectivity index (χ1n) is 7.41. The van der Waals surface area contributed by atoms with Crippen LogP contribution in [0.4, 0.5) is 5.82 Å². The van der Waals surface area contributed by atoms with E-state index in [9.17, 15) is 4.79 Å². The molecule has 0 unspecified atom stereocenters. The van der Waals surface area contributed by atoms with E-state index in [0.717, 1.165) is 12.0 Å². The van der Waals surface area contributed by atoms with Gasteiger partial charge in [-0.25, -0.2) is 4.98 Å². The zero-order valence-electron chi connectivity index (χ0n) is 13.0. The summed E-state index contributed by atoms with van der Waals surface area (Å²) in [5.74, 6) is 0.513. The van der Waals surface area contributed by atoms with E-state index in [1.807, 2.05) is 24.3 Å². The monoisotopic (exact) mass is 333 g/mol. The summed E-state index contributed by atoms with van der Waals surface area (Å²) in [6, 6.07) is 11.0. The molecule has 0 aliphatic heterocycles. The Morgan fingerprint density at radius 3 is 2.91 bits per heavy atom. The molecule has 0 bridgehead atoms. The lowest BCUT2D eigenvalue weighted by Gasteiger charge is -2.09. The molecule has 1 aromatic carbocycles. The van der Waals surface area contributed by atoms with Crippen LogP contribution in [-0.4, -0.2) is 31.2 Å². The first kappa shape index (κ1) is 17.2. The van der Waals surface area contributed by atoms with Crippen LogP contribution in [0.25, 0.3) is 0 Å². The van der Waals surface area contributed by atoms with Crippen LogP contribution < -0.4 is 10.6 Å². The second kappa shape index (κ2) is 9.12. The Hall–Kier alpha value is -2.11. The standard InChI is InChI=1S/C17H20ClN3O2/c1-23-10-4-8-20-17(22)13-7-9-19-16(11-13)21-12-14-5-2-3-6-15(14)18/h2-3,5-7,9,11H,4,8,10,12H2,1H3,(H,19,21)(H,20,22). The molecule has 0 spiro atoms. The van der Waals surface area contributed by atoms with E-state index in [-0.39, 0.29) is 5.91 Å². The number of nitrogens with one attached hydrogen (secondary N) is 2. The van der Waals surface area contributed by atoms with E-state index >= 15 is 0 Å². The van der Waals surface area contributed by atoms with Gasteiger partial charge in [-0.2, -0.15) is 0 Å². The lowest BCUT2D eigenvalue weighted by molar-refractivity contribution is 0.0948. The van der Waals surface area contributed by atoms with Gasteiger partial charge in [0.2, 0.25) is 0 Å². The Morgan fingerprint density at radius 1 is 1.30 bits per heavy atom. The summed E-state index contributed by atoms with van der Waals surface area (Å²) in [6.07, 6.45) is 2.39. The van der Waals surface area contributed by atoms with Crippen molar-refractivity contribution in [2.24, 2.45) is 0 Å². The van der Waals surface area contributed by atoms with E-state index in [2.05, 4.69) is 15.6 Å². The molecule has 2 rings (SSSR count). The SMILES string of the molecule is COCCCNC(=O)c1ccnc(NCc2ccccc2Cl)c1. The molecule has 0 atom stereocenters. The summed E-state index contributed by atoms with van der Waals surface area (Å²) < 4.78 is 4.95. The van der Waals surface area contributed by atoms with Gasteiger partial charge in [0.1, 0.15) is 5.82 Å². The number of carbonyl (C=O) groups excluding carboxylic acids is 1. The molecule has 122 valence electrons. The number of amides is 1. The molecule has 1 amide bonds. The van der Waals surface area contributed by atoms with Gasteiger partial charge in [0.25, 0.3) is 5.91 Å². The van der Waals surface area contributed by atoms with Crippen LogP contribution in [0.2, 0.25) is 5.02 Å². The number of ether oxygens (including phenoxy) is 1. The van der Waals surface area contributed by atoms with Gasteiger partial charge in [-0.3, -0.25) is 4.79 Å². The van der Waals surface area contributed by atoms with Gasteiger partial charge < -0.3 is 15.4 Å². The highest BCUT2D eigenvalue weighted by Gasteiger charge is 2.07. The number of methoxy groups -OCH3 is 1. The second-order valence-corrected chi connectivity index (χ2v) is 5.38. The number of hydrogen-bond acceptors (Lipinski definition) is 4. The third-order valence-electron chi connectivity index (χ3n) is 3.25. The molecule has 0 radical (unpaired) electrons. The summed E-state index contributed by atoms with van der Waals surface area (Å²) in [6.45, 7) is 1.75. The van der Waals surface area contributed by atoms with Crippen LogP contribution in [0.3, 0.4) is 0 Å². The van der Waals surface area contributed by atoms with Gasteiger partial charge in [0, 0.05) is 43.6 Å². The molecule has 5 nitrogen and oxygen atoms in total. The lowest BCUT2D eigenvalue weighted by Crippen LogP contribution is -2.25. The summed E-state index contributed by atoms with van der Waals surface area (Å²) in [5.41, 5.74) is 1.55. The normalized spacial score (nSPS) is 10.3. The third kappa shape index (κ3) is 5.54. The summed E-state index contributed by atoms with van der Waals surface area (Å²) >= 11 is 6.12. The number of carbonyl (C=O) groups is 1. The fourth-order valence-corrected chi connectivity index (χ4v) is 2.22. The highest BCUT2D eigenvalue weighted by atomic mass is 35.5. The lowest BCUT2D eigenvalue weighted by atomic mass is 10.2. The average Bonchev–Trinajstić information content (AvgIpc) is 2.58. The Labute approximate surface area is 141 Å². The van der Waals surface area contributed by atoms with Crippen molar-refractivity contribution in [3.8, 4) is 0 Å². The maximum absolute atomic E-state index is 12.1. The van der Waals surface area contributed by atoms with Crippen LogP contribution in [0.15, 0.2) is 42.6 Å². The highest BCUT2D eigenvalue weighted by Crippen LogP contribution is 2.16. The number of halogens is 1. The Morgan fingerprint density at radius 2 is 2.13 bits per heavy atom. The number of rotatable bonds is 8. The first-order chi connectivity index (χ1) is 11.2. The minimum Gasteiger partial charge on any atom is -0.385 e. The van der Waals surface area contributed by atoms with Crippen molar-refractivity contribution in [1.29, 1.82) is 0 Å². The number of aromatic nitrogens is 1. The molecular weight excluding hydrogens is 314 g/mol. The summed E-state index contributed by atoms with van der Waals surface area (Å²) in [5, 5.41) is 6.73. The number of benzene rings is 1. The molecule has 2 aromatic rings. The molecule has 1 aromatic heterocycles. The molecule has 0 aliphatic rings. The van der Waals surface area contributed by atoms with Crippen molar-refractivity contribution < 1.29 is 9.53 Å². The van der Waals surface area contributed by atoms with Crippen molar-refractivity contribution in [1.82, 2.24) is 10.3 Å². The van der Waals surface area contributed by atoms with Crippen molar-refractivity contribution >= 4 is 23.3 Å². The van der Waals surface area contributed by atoms with Crippen LogP contribution in [0.1, 0.15) is 22.3 Å². The molecular formula is C17H20ClN3O2. The smallest absolute Gasteiger partial charge is 0.251 e. The summed E-state index contributed by atoms with van der Waals surface area (Å²) in [4.78, 5) is 16.3. The van der Waals surface area contributed by atoms with E-state index < -0.39 is 0 Å². The molecule has 2 N–H and O–H groups in total. The minimum atomic E-state index is -0.121. The zero-order chi connectivity index (χ0) is 16.5. The topological polar surface area (TPSA) is 63.2 Å². The number of nitrogens with zero attached hydrogens (tertiary/aromatic N) is 1. The number of anilines is 1. The van der Waals surface area contributed by atoms with Crippen LogP contribution in [0.5, 0.6) is 0 Å². The van der Waals surface area contributed by atoms with Gasteiger partial charge in [-0.15, -0.1) is 0 Å². The molecule has 0 aliphatic carbocycles. The minimum absolute atomic E-state index is 0.121. The molecule has 0 saturated carbocycles. The third-order valence-corrected chi connectivity index (χ3v) is 3.62. The van der Waals surface area contributed by atoms with E-state index in [1.54, 1.807) is 25.4 Å². The van der Waals surface area contributed by atoms with Gasteiger partial charge in [-0.1, -0.05) is 29.8 Å². The zero-order valence-corrected chi connectivity index (χ0v) is 13.8. The Balaban J connectivity index is 1.91. The van der Waals surface area contributed by atoms with Gasteiger partial charge in [0.05, 0.1) is 0 Å². The van der Waals surface area contributed by atoms with Crippen LogP contribution >= 0.6 is 11.6 Å². The molecule has 0 saturated heterocycles. The van der Waals surface area contributed by atoms with E-state index in [1.165, 1.54) is 0 Å². The molecule has 6 heteroatoms. The first-order valence-corrected chi connectivity index (χ1v) is 7.79. The fraction of sp³-hybridized carbons (Fsp3) is 0.294. The molecule has 23 heavy (non-hydrogen) atoms. The Bertz CT molecular complexity index is 649. The van der Waals surface area contributed by atoms with Gasteiger partial charge in [0.15, 0.2) is 0 Å². The molecule has 1 heterocycles. The average molecular weight is 334 g/mol. The largest absolute Gasteiger partial charge is 0.385 e. The maximum atomic E-state index is 12.1. The van der Waals surface area contributed by atoms with Crippen LogP contribution in [0, 0.1) is 0 Å². The van der Waals surface area contributed by atoms with E-state index in [0.29, 0.717) is 36.1 Å². The molecule has 0 fully saturated rings.